The van der Waals surface area contributed by atoms with Crippen LogP contribution >= 0.6 is 0 Å². The Balaban J connectivity index is 1.14. The number of sulfonamides is 1. The Morgan fingerprint density at radius 3 is 2.54 bits per heavy atom. The van der Waals surface area contributed by atoms with E-state index >= 15 is 0 Å². The van der Waals surface area contributed by atoms with Gasteiger partial charge in [-0.25, -0.2) is 23.4 Å². The summed E-state index contributed by atoms with van der Waals surface area (Å²) in [6.45, 7) is 6.53. The van der Waals surface area contributed by atoms with E-state index in [2.05, 4.69) is 44.1 Å². The zero-order valence-corrected chi connectivity index (χ0v) is 21.9. The number of aromatic nitrogens is 3. The van der Waals surface area contributed by atoms with Crippen molar-refractivity contribution in [1.29, 1.82) is 0 Å². The second-order valence-corrected chi connectivity index (χ2v) is 11.9. The number of hydrogen-bond acceptors (Lipinski definition) is 9. The Bertz CT molecular complexity index is 1390. The highest BCUT2D eigenvalue weighted by molar-refractivity contribution is 7.88. The normalized spacial score (nSPS) is 22.0. The van der Waals surface area contributed by atoms with Gasteiger partial charge in [-0.3, -0.25) is 0 Å². The summed E-state index contributed by atoms with van der Waals surface area (Å²) in [5.74, 6) is 1.47. The highest BCUT2D eigenvalue weighted by atomic mass is 32.2. The highest BCUT2D eigenvalue weighted by Crippen LogP contribution is 2.38. The Morgan fingerprint density at radius 2 is 1.86 bits per heavy atom. The van der Waals surface area contributed by atoms with Crippen LogP contribution in [0.2, 0.25) is 0 Å². The summed E-state index contributed by atoms with van der Waals surface area (Å²) < 4.78 is 31.1. The molecule has 3 aliphatic rings. The van der Waals surface area contributed by atoms with Crippen LogP contribution in [0.5, 0.6) is 0 Å². The molecule has 3 saturated heterocycles. The van der Waals surface area contributed by atoms with E-state index in [4.69, 9.17) is 9.72 Å². The summed E-state index contributed by atoms with van der Waals surface area (Å²) in [5, 5.41) is 3.33. The second kappa shape index (κ2) is 9.55. The average Bonchev–Trinajstić information content (AvgIpc) is 3.51. The number of piperazine rings is 1. The van der Waals surface area contributed by atoms with Gasteiger partial charge in [0.15, 0.2) is 0 Å². The maximum absolute atomic E-state index is 12.0. The minimum Gasteiger partial charge on any atom is -0.378 e. The van der Waals surface area contributed by atoms with Crippen molar-refractivity contribution in [3.8, 4) is 11.3 Å². The Kier molecular flexibility index (Phi) is 6.21. The number of rotatable bonds is 6. The zero-order chi connectivity index (χ0) is 25.6. The lowest BCUT2D eigenvalue weighted by atomic mass is 10.1. The van der Waals surface area contributed by atoms with Gasteiger partial charge < -0.3 is 19.9 Å². The molecule has 0 unspecified atom stereocenters. The largest absolute Gasteiger partial charge is 0.378 e. The number of ether oxygens (including phenoxy) is 1. The molecule has 3 fully saturated rings. The van der Waals surface area contributed by atoms with Crippen LogP contribution in [0.4, 0.5) is 23.1 Å². The summed E-state index contributed by atoms with van der Waals surface area (Å²) in [4.78, 5) is 18.3. The van der Waals surface area contributed by atoms with E-state index in [1.165, 1.54) is 6.26 Å². The van der Waals surface area contributed by atoms with Crippen LogP contribution in [0.1, 0.15) is 12.0 Å². The Hall–Kier alpha value is -3.28. The van der Waals surface area contributed by atoms with Gasteiger partial charge in [-0.15, -0.1) is 0 Å². The smallest absolute Gasteiger partial charge is 0.227 e. The number of anilines is 4. The number of nitrogens with zero attached hydrogens (tertiary/aromatic N) is 6. The molecular formula is C26H31N7O3S. The minimum absolute atomic E-state index is 0.0609. The maximum atomic E-state index is 12.0. The standard InChI is InChI=1S/C26H31N7O3S/c1-18-13-20(4-5-24(18)32-16-22-14-21(32)17-33(22)37(2,34)35)29-26-27-8-7-23(30-26)19-3-6-25(28-15-19)31-9-11-36-12-10-31/h3-8,13,15,21-22H,9-12,14,16-17H2,1-2H3,(H,27,29,30)/t21-,22-/m0/s1. The number of benzene rings is 1. The van der Waals surface area contributed by atoms with Crippen molar-refractivity contribution in [3.05, 3.63) is 54.4 Å². The molecule has 0 spiro atoms. The minimum atomic E-state index is -3.15. The highest BCUT2D eigenvalue weighted by Gasteiger charge is 2.47. The van der Waals surface area contributed by atoms with E-state index in [1.807, 2.05) is 30.5 Å². The molecule has 5 heterocycles. The summed E-state index contributed by atoms with van der Waals surface area (Å²) in [6.07, 6.45) is 5.79. The monoisotopic (exact) mass is 521 g/mol. The van der Waals surface area contributed by atoms with Crippen LogP contribution in [0, 0.1) is 6.92 Å². The predicted octanol–water partition coefficient (Wildman–Crippen LogP) is 2.65. The zero-order valence-electron chi connectivity index (χ0n) is 21.0. The van der Waals surface area contributed by atoms with Crippen LogP contribution in [-0.4, -0.2) is 85.4 Å². The van der Waals surface area contributed by atoms with Gasteiger partial charge in [-0.1, -0.05) is 0 Å². The lowest BCUT2D eigenvalue weighted by Crippen LogP contribution is -2.48. The SMILES string of the molecule is Cc1cc(Nc2nccc(-c3ccc(N4CCOCC4)nc3)n2)ccc1N1C[C@@H]2C[C@H]1CN2S(C)(=O)=O. The topological polar surface area (TPSA) is 104 Å². The fraction of sp³-hybridized carbons (Fsp3) is 0.423. The summed E-state index contributed by atoms with van der Waals surface area (Å²) in [7, 11) is -3.15. The van der Waals surface area contributed by atoms with E-state index in [0.717, 1.165) is 73.3 Å². The number of nitrogens with one attached hydrogen (secondary N) is 1. The second-order valence-electron chi connectivity index (χ2n) is 9.92. The third-order valence-electron chi connectivity index (χ3n) is 7.41. The molecule has 37 heavy (non-hydrogen) atoms. The summed E-state index contributed by atoms with van der Waals surface area (Å²) in [5.41, 5.74) is 4.91. The first-order valence-electron chi connectivity index (χ1n) is 12.6. The van der Waals surface area contributed by atoms with Gasteiger partial charge in [-0.05, 0) is 55.3 Å². The van der Waals surface area contributed by atoms with Crippen molar-refractivity contribution in [3.63, 3.8) is 0 Å². The predicted molar refractivity (Wildman–Crippen MR) is 144 cm³/mol. The van der Waals surface area contributed by atoms with Crippen LogP contribution in [0.15, 0.2) is 48.8 Å². The van der Waals surface area contributed by atoms with E-state index in [0.29, 0.717) is 12.5 Å². The van der Waals surface area contributed by atoms with E-state index in [9.17, 15) is 8.42 Å². The van der Waals surface area contributed by atoms with Crippen LogP contribution in [0.25, 0.3) is 11.3 Å². The summed E-state index contributed by atoms with van der Waals surface area (Å²) >= 11 is 0. The van der Waals surface area contributed by atoms with Crippen molar-refractivity contribution in [2.75, 3.05) is 60.8 Å². The number of aryl methyl sites for hydroxylation is 1. The van der Waals surface area contributed by atoms with Crippen LogP contribution in [0.3, 0.4) is 0 Å². The lowest BCUT2D eigenvalue weighted by Gasteiger charge is -2.35. The molecule has 3 aliphatic heterocycles. The van der Waals surface area contributed by atoms with Gasteiger partial charge in [0.1, 0.15) is 5.82 Å². The molecule has 10 nitrogen and oxygen atoms in total. The molecule has 1 aromatic carbocycles. The number of morpholine rings is 1. The van der Waals surface area contributed by atoms with Crippen molar-refractivity contribution in [2.45, 2.75) is 25.4 Å². The summed E-state index contributed by atoms with van der Waals surface area (Å²) in [6, 6.07) is 12.4. The van der Waals surface area contributed by atoms with Crippen molar-refractivity contribution >= 4 is 33.2 Å². The molecular weight excluding hydrogens is 490 g/mol. The van der Waals surface area contributed by atoms with Crippen molar-refractivity contribution < 1.29 is 13.2 Å². The van der Waals surface area contributed by atoms with Crippen LogP contribution < -0.4 is 15.1 Å². The number of hydrogen-bond donors (Lipinski definition) is 1. The Labute approximate surface area is 217 Å². The molecule has 11 heteroatoms. The van der Waals surface area contributed by atoms with Gasteiger partial charge in [0.2, 0.25) is 16.0 Å². The molecule has 1 N–H and O–H groups in total. The van der Waals surface area contributed by atoms with E-state index in [1.54, 1.807) is 10.5 Å². The molecule has 2 atom stereocenters. The van der Waals surface area contributed by atoms with Gasteiger partial charge in [0, 0.05) is 67.6 Å². The van der Waals surface area contributed by atoms with E-state index < -0.39 is 10.0 Å². The van der Waals surface area contributed by atoms with Gasteiger partial charge in [0.05, 0.1) is 25.2 Å². The average molecular weight is 522 g/mol. The molecule has 2 aromatic heterocycles. The molecule has 2 bridgehead atoms. The van der Waals surface area contributed by atoms with E-state index in [-0.39, 0.29) is 12.1 Å². The first kappa shape index (κ1) is 24.1. The third kappa shape index (κ3) is 4.86. The number of pyridine rings is 1. The molecule has 0 aliphatic carbocycles. The van der Waals surface area contributed by atoms with Gasteiger partial charge in [-0.2, -0.15) is 4.31 Å². The first-order valence-corrected chi connectivity index (χ1v) is 14.4. The molecule has 3 aromatic rings. The molecule has 194 valence electrons. The number of fused-ring (bicyclic) bond motifs is 2. The maximum Gasteiger partial charge on any atom is 0.227 e. The lowest BCUT2D eigenvalue weighted by molar-refractivity contribution is 0.122. The molecule has 6 rings (SSSR count). The van der Waals surface area contributed by atoms with Crippen LogP contribution in [-0.2, 0) is 14.8 Å². The van der Waals surface area contributed by atoms with Gasteiger partial charge >= 0.3 is 0 Å². The quantitative estimate of drug-likeness (QED) is 0.524. The fourth-order valence-electron chi connectivity index (χ4n) is 5.61. The third-order valence-corrected chi connectivity index (χ3v) is 8.71. The van der Waals surface area contributed by atoms with Crippen molar-refractivity contribution in [2.24, 2.45) is 0 Å². The molecule has 0 saturated carbocycles. The molecule has 0 radical (unpaired) electrons. The first-order chi connectivity index (χ1) is 17.8. The molecule has 0 amide bonds. The van der Waals surface area contributed by atoms with Crippen molar-refractivity contribution in [1.82, 2.24) is 19.3 Å². The fourth-order valence-corrected chi connectivity index (χ4v) is 6.75. The van der Waals surface area contributed by atoms with Gasteiger partial charge in [0.25, 0.3) is 0 Å². The Morgan fingerprint density at radius 1 is 1.03 bits per heavy atom.